The summed E-state index contributed by atoms with van der Waals surface area (Å²) >= 11 is 5.91. The van der Waals surface area contributed by atoms with E-state index < -0.39 is 0 Å². The Morgan fingerprint density at radius 3 is 3.00 bits per heavy atom. The van der Waals surface area contributed by atoms with Crippen LogP contribution in [0.4, 0.5) is 0 Å². The van der Waals surface area contributed by atoms with E-state index in [4.69, 9.17) is 11.6 Å². The molecule has 1 N–H and O–H groups in total. The molecule has 0 radical (unpaired) electrons. The zero-order valence-corrected chi connectivity index (χ0v) is 8.33. The molecule has 0 unspecified atom stereocenters. The molecule has 0 saturated carbocycles. The normalized spacial score (nSPS) is 17.2. The van der Waals surface area contributed by atoms with Gasteiger partial charge in [0.05, 0.1) is 17.8 Å². The van der Waals surface area contributed by atoms with Crippen LogP contribution in [0.5, 0.6) is 0 Å². The molecule has 1 fully saturated rings. The van der Waals surface area contributed by atoms with Gasteiger partial charge >= 0.3 is 0 Å². The van der Waals surface area contributed by atoms with Gasteiger partial charge in [0.1, 0.15) is 0 Å². The molecule has 2 aromatic rings. The summed E-state index contributed by atoms with van der Waals surface area (Å²) in [5, 5.41) is 9.50. The van der Waals surface area contributed by atoms with Crippen molar-refractivity contribution >= 4 is 22.5 Å². The molecule has 3 nitrogen and oxygen atoms in total. The van der Waals surface area contributed by atoms with Crippen LogP contribution in [0.15, 0.2) is 24.4 Å². The fourth-order valence-corrected chi connectivity index (χ4v) is 1.94. The molecular weight excluding hydrogens is 198 g/mol. The van der Waals surface area contributed by atoms with Crippen molar-refractivity contribution in [2.75, 3.05) is 13.1 Å². The number of benzene rings is 1. The summed E-state index contributed by atoms with van der Waals surface area (Å²) in [5.41, 5.74) is 1.17. The van der Waals surface area contributed by atoms with Gasteiger partial charge in [0.25, 0.3) is 0 Å². The summed E-state index contributed by atoms with van der Waals surface area (Å²) in [7, 11) is 0. The second kappa shape index (κ2) is 2.97. The molecule has 2 heterocycles. The van der Waals surface area contributed by atoms with E-state index in [1.165, 1.54) is 5.52 Å². The van der Waals surface area contributed by atoms with Crippen molar-refractivity contribution in [3.05, 3.63) is 29.4 Å². The van der Waals surface area contributed by atoms with Crippen LogP contribution < -0.4 is 5.32 Å². The Hall–Kier alpha value is -1.06. The van der Waals surface area contributed by atoms with Crippen LogP contribution >= 0.6 is 11.6 Å². The van der Waals surface area contributed by atoms with Crippen LogP contribution in [0.2, 0.25) is 5.02 Å². The first-order valence-electron chi connectivity index (χ1n) is 4.68. The Balaban J connectivity index is 2.16. The molecule has 0 amide bonds. The highest BCUT2D eigenvalue weighted by Gasteiger charge is 2.20. The van der Waals surface area contributed by atoms with Crippen molar-refractivity contribution in [2.45, 2.75) is 6.04 Å². The Bertz CT molecular complexity index is 473. The van der Waals surface area contributed by atoms with Crippen molar-refractivity contribution in [1.29, 1.82) is 0 Å². The quantitative estimate of drug-likeness (QED) is 0.774. The number of halogens is 1. The SMILES string of the molecule is Clc1ccc2c(cnn2C2CNC2)c1. The lowest BCUT2D eigenvalue weighted by atomic mass is 10.2. The van der Waals surface area contributed by atoms with E-state index in [1.54, 1.807) is 0 Å². The maximum absolute atomic E-state index is 5.91. The van der Waals surface area contributed by atoms with Gasteiger partial charge in [-0.25, -0.2) is 0 Å². The molecule has 4 heteroatoms. The van der Waals surface area contributed by atoms with Gasteiger partial charge in [-0.1, -0.05) is 11.6 Å². The Kier molecular flexibility index (Phi) is 1.75. The van der Waals surface area contributed by atoms with Crippen molar-refractivity contribution in [3.63, 3.8) is 0 Å². The summed E-state index contributed by atoms with van der Waals surface area (Å²) < 4.78 is 2.07. The summed E-state index contributed by atoms with van der Waals surface area (Å²) in [6.07, 6.45) is 1.87. The van der Waals surface area contributed by atoms with Gasteiger partial charge in [0.15, 0.2) is 0 Å². The van der Waals surface area contributed by atoms with Crippen molar-refractivity contribution < 1.29 is 0 Å². The number of aromatic nitrogens is 2. The Morgan fingerprint density at radius 2 is 2.29 bits per heavy atom. The van der Waals surface area contributed by atoms with Gasteiger partial charge in [-0.3, -0.25) is 4.68 Å². The van der Waals surface area contributed by atoms with Crippen molar-refractivity contribution in [2.24, 2.45) is 0 Å². The summed E-state index contributed by atoms with van der Waals surface area (Å²) in [4.78, 5) is 0. The largest absolute Gasteiger partial charge is 0.312 e. The second-order valence-corrected chi connectivity index (χ2v) is 4.04. The highest BCUT2D eigenvalue weighted by molar-refractivity contribution is 6.31. The van der Waals surface area contributed by atoms with Gasteiger partial charge < -0.3 is 5.32 Å². The van der Waals surface area contributed by atoms with Gasteiger partial charge in [0, 0.05) is 23.5 Å². The molecule has 1 aromatic carbocycles. The number of hydrogen-bond acceptors (Lipinski definition) is 2. The van der Waals surface area contributed by atoms with Gasteiger partial charge in [-0.15, -0.1) is 0 Å². The van der Waals surface area contributed by atoms with Crippen LogP contribution in [0.25, 0.3) is 10.9 Å². The highest BCUT2D eigenvalue weighted by atomic mass is 35.5. The molecule has 1 aliphatic heterocycles. The first-order valence-corrected chi connectivity index (χ1v) is 5.06. The first kappa shape index (κ1) is 8.26. The van der Waals surface area contributed by atoms with Crippen molar-refractivity contribution in [1.82, 2.24) is 15.1 Å². The maximum Gasteiger partial charge on any atom is 0.0774 e. The molecule has 1 aliphatic rings. The predicted molar refractivity (Wildman–Crippen MR) is 56.6 cm³/mol. The second-order valence-electron chi connectivity index (χ2n) is 3.60. The van der Waals surface area contributed by atoms with Gasteiger partial charge in [-0.2, -0.15) is 5.10 Å². The first-order chi connectivity index (χ1) is 6.84. The fraction of sp³-hybridized carbons (Fsp3) is 0.300. The van der Waals surface area contributed by atoms with E-state index >= 15 is 0 Å². The minimum atomic E-state index is 0.508. The van der Waals surface area contributed by atoms with Crippen LogP contribution in [-0.4, -0.2) is 22.9 Å². The molecule has 0 bridgehead atoms. The maximum atomic E-state index is 5.91. The average Bonchev–Trinajstić information content (AvgIpc) is 2.45. The van der Waals surface area contributed by atoms with Crippen molar-refractivity contribution in [3.8, 4) is 0 Å². The van der Waals surface area contributed by atoms with E-state index in [9.17, 15) is 0 Å². The summed E-state index contributed by atoms with van der Waals surface area (Å²) in [5.74, 6) is 0. The average molecular weight is 208 g/mol. The molecular formula is C10H10ClN3. The fourth-order valence-electron chi connectivity index (χ4n) is 1.76. The highest BCUT2D eigenvalue weighted by Crippen LogP contribution is 2.22. The van der Waals surface area contributed by atoms with Crippen LogP contribution in [0, 0.1) is 0 Å². The summed E-state index contributed by atoms with van der Waals surface area (Å²) in [6, 6.07) is 6.40. The number of nitrogens with zero attached hydrogens (tertiary/aromatic N) is 2. The Morgan fingerprint density at radius 1 is 1.43 bits per heavy atom. The van der Waals surface area contributed by atoms with Crippen LogP contribution in [0.3, 0.4) is 0 Å². The zero-order chi connectivity index (χ0) is 9.54. The van der Waals surface area contributed by atoms with Gasteiger partial charge in [0.2, 0.25) is 0 Å². The smallest absolute Gasteiger partial charge is 0.0774 e. The lowest BCUT2D eigenvalue weighted by Crippen LogP contribution is -2.43. The molecule has 14 heavy (non-hydrogen) atoms. The number of rotatable bonds is 1. The number of nitrogens with one attached hydrogen (secondary N) is 1. The van der Waals surface area contributed by atoms with E-state index in [2.05, 4.69) is 15.1 Å². The third-order valence-electron chi connectivity index (χ3n) is 2.66. The predicted octanol–water partition coefficient (Wildman–Crippen LogP) is 1.83. The topological polar surface area (TPSA) is 29.9 Å². The lowest BCUT2D eigenvalue weighted by Gasteiger charge is -2.27. The van der Waals surface area contributed by atoms with E-state index in [0.717, 1.165) is 23.5 Å². The van der Waals surface area contributed by atoms with E-state index in [-0.39, 0.29) is 0 Å². The third-order valence-corrected chi connectivity index (χ3v) is 2.90. The minimum absolute atomic E-state index is 0.508. The lowest BCUT2D eigenvalue weighted by molar-refractivity contribution is 0.326. The molecule has 0 atom stereocenters. The molecule has 0 spiro atoms. The molecule has 0 aliphatic carbocycles. The Labute approximate surface area is 86.7 Å². The monoisotopic (exact) mass is 207 g/mol. The number of fused-ring (bicyclic) bond motifs is 1. The molecule has 72 valence electrons. The van der Waals surface area contributed by atoms with E-state index in [0.29, 0.717) is 6.04 Å². The summed E-state index contributed by atoms with van der Waals surface area (Å²) in [6.45, 7) is 2.03. The molecule has 3 rings (SSSR count). The van der Waals surface area contributed by atoms with Crippen LogP contribution in [-0.2, 0) is 0 Å². The number of hydrogen-bond donors (Lipinski definition) is 1. The molecule has 1 aromatic heterocycles. The minimum Gasteiger partial charge on any atom is -0.312 e. The third kappa shape index (κ3) is 1.13. The van der Waals surface area contributed by atoms with Gasteiger partial charge in [-0.05, 0) is 18.2 Å². The zero-order valence-electron chi connectivity index (χ0n) is 7.57. The van der Waals surface area contributed by atoms with Crippen LogP contribution in [0.1, 0.15) is 6.04 Å². The standard InChI is InChI=1S/C10H10ClN3/c11-8-1-2-10-7(3-8)4-13-14(10)9-5-12-6-9/h1-4,9,12H,5-6H2. The van der Waals surface area contributed by atoms with E-state index in [1.807, 2.05) is 24.4 Å². The molecule has 1 saturated heterocycles.